The zero-order valence-corrected chi connectivity index (χ0v) is 18.5. The van der Waals surface area contributed by atoms with Crippen molar-refractivity contribution in [3.8, 4) is 0 Å². The standard InChI is InChI=1S/C21H44O6/c1-7-9-24-14-20(22-5)16-26-12-18(3)11-19(4)13-27-17-21(23-6)15-25-10-8-2/h18-21H,7-17H2,1-6H3. The molecule has 0 aliphatic carbocycles. The smallest absolute Gasteiger partial charge is 0.104 e. The molecule has 0 fully saturated rings. The maximum absolute atomic E-state index is 5.81. The maximum Gasteiger partial charge on any atom is 0.104 e. The van der Waals surface area contributed by atoms with Gasteiger partial charge in [0.2, 0.25) is 0 Å². The molecule has 0 radical (unpaired) electrons. The lowest BCUT2D eigenvalue weighted by molar-refractivity contribution is -0.0522. The minimum absolute atomic E-state index is 0.00501. The molecule has 0 N–H and O–H groups in total. The van der Waals surface area contributed by atoms with E-state index in [1.54, 1.807) is 14.2 Å². The van der Waals surface area contributed by atoms with Gasteiger partial charge in [-0.25, -0.2) is 0 Å². The lowest BCUT2D eigenvalue weighted by Gasteiger charge is -2.21. The minimum atomic E-state index is 0.00501. The lowest BCUT2D eigenvalue weighted by Crippen LogP contribution is -2.27. The molecule has 6 heteroatoms. The van der Waals surface area contributed by atoms with Gasteiger partial charge in [0.25, 0.3) is 0 Å². The fraction of sp³-hybridized carbons (Fsp3) is 1.00. The summed E-state index contributed by atoms with van der Waals surface area (Å²) in [6, 6.07) is 0. The molecule has 0 aliphatic heterocycles. The van der Waals surface area contributed by atoms with Crippen LogP contribution >= 0.6 is 0 Å². The van der Waals surface area contributed by atoms with Crippen LogP contribution in [0.2, 0.25) is 0 Å². The van der Waals surface area contributed by atoms with Crippen molar-refractivity contribution in [3.63, 3.8) is 0 Å². The second-order valence-corrected chi connectivity index (χ2v) is 7.39. The molecular formula is C21H44O6. The van der Waals surface area contributed by atoms with E-state index < -0.39 is 0 Å². The summed E-state index contributed by atoms with van der Waals surface area (Å²) in [5.74, 6) is 0.951. The molecule has 0 aromatic carbocycles. The monoisotopic (exact) mass is 392 g/mol. The molecule has 0 aromatic rings. The lowest BCUT2D eigenvalue weighted by atomic mass is 9.99. The summed E-state index contributed by atoms with van der Waals surface area (Å²) < 4.78 is 33.4. The van der Waals surface area contributed by atoms with Crippen LogP contribution in [0, 0.1) is 11.8 Å². The Kier molecular flexibility index (Phi) is 18.9. The fourth-order valence-corrected chi connectivity index (χ4v) is 2.71. The molecule has 0 bridgehead atoms. The summed E-state index contributed by atoms with van der Waals surface area (Å²) in [6.07, 6.45) is 3.11. The van der Waals surface area contributed by atoms with Crippen LogP contribution in [0.1, 0.15) is 47.0 Å². The first-order valence-electron chi connectivity index (χ1n) is 10.4. The molecule has 0 heterocycles. The molecule has 6 nitrogen and oxygen atoms in total. The minimum Gasteiger partial charge on any atom is -0.379 e. The van der Waals surface area contributed by atoms with E-state index in [1.807, 2.05) is 0 Å². The van der Waals surface area contributed by atoms with Crippen LogP contribution in [-0.4, -0.2) is 79.3 Å². The molecule has 4 unspecified atom stereocenters. The summed E-state index contributed by atoms with van der Waals surface area (Å²) >= 11 is 0. The largest absolute Gasteiger partial charge is 0.379 e. The molecule has 4 atom stereocenters. The van der Waals surface area contributed by atoms with Crippen LogP contribution in [0.15, 0.2) is 0 Å². The average molecular weight is 393 g/mol. The second kappa shape index (κ2) is 19.1. The average Bonchev–Trinajstić information content (AvgIpc) is 2.65. The van der Waals surface area contributed by atoms with Crippen molar-refractivity contribution in [1.82, 2.24) is 0 Å². The van der Waals surface area contributed by atoms with Gasteiger partial charge in [-0.15, -0.1) is 0 Å². The molecule has 0 amide bonds. The van der Waals surface area contributed by atoms with E-state index in [0.29, 0.717) is 38.3 Å². The highest BCUT2D eigenvalue weighted by molar-refractivity contribution is 4.61. The van der Waals surface area contributed by atoms with Crippen molar-refractivity contribution in [3.05, 3.63) is 0 Å². The Labute approximate surface area is 167 Å². The van der Waals surface area contributed by atoms with E-state index in [0.717, 1.165) is 45.7 Å². The van der Waals surface area contributed by atoms with Crippen molar-refractivity contribution in [2.24, 2.45) is 11.8 Å². The van der Waals surface area contributed by atoms with E-state index >= 15 is 0 Å². The van der Waals surface area contributed by atoms with E-state index in [2.05, 4.69) is 27.7 Å². The Bertz CT molecular complexity index is 274. The second-order valence-electron chi connectivity index (χ2n) is 7.39. The Hall–Kier alpha value is -0.240. The topological polar surface area (TPSA) is 55.4 Å². The number of rotatable bonds is 20. The Balaban J connectivity index is 3.79. The number of methoxy groups -OCH3 is 2. The van der Waals surface area contributed by atoms with Crippen LogP contribution in [0.4, 0.5) is 0 Å². The third kappa shape index (κ3) is 16.4. The highest BCUT2D eigenvalue weighted by Gasteiger charge is 2.14. The molecule has 0 rings (SSSR count). The van der Waals surface area contributed by atoms with Gasteiger partial charge < -0.3 is 28.4 Å². The van der Waals surface area contributed by atoms with Crippen LogP contribution < -0.4 is 0 Å². The highest BCUT2D eigenvalue weighted by atomic mass is 16.6. The molecule has 164 valence electrons. The summed E-state index contributed by atoms with van der Waals surface area (Å²) in [5, 5.41) is 0. The van der Waals surface area contributed by atoms with Crippen molar-refractivity contribution < 1.29 is 28.4 Å². The van der Waals surface area contributed by atoms with Gasteiger partial charge in [0, 0.05) is 40.6 Å². The van der Waals surface area contributed by atoms with Gasteiger partial charge in [-0.05, 0) is 31.1 Å². The number of ether oxygens (including phenoxy) is 6. The van der Waals surface area contributed by atoms with Gasteiger partial charge in [-0.3, -0.25) is 0 Å². The normalized spacial score (nSPS) is 16.2. The first kappa shape index (κ1) is 26.8. The molecule has 0 spiro atoms. The first-order chi connectivity index (χ1) is 13.1. The fourth-order valence-electron chi connectivity index (χ4n) is 2.71. The van der Waals surface area contributed by atoms with Crippen molar-refractivity contribution in [1.29, 1.82) is 0 Å². The Morgan fingerprint density at radius 2 is 0.926 bits per heavy atom. The predicted octanol–water partition coefficient (Wildman–Crippen LogP) is 3.57. The summed E-state index contributed by atoms with van der Waals surface area (Å²) in [6.45, 7) is 13.9. The quantitative estimate of drug-likeness (QED) is 0.295. The molecular weight excluding hydrogens is 348 g/mol. The zero-order valence-electron chi connectivity index (χ0n) is 18.5. The number of hydrogen-bond donors (Lipinski definition) is 0. The molecule has 0 aromatic heterocycles. The van der Waals surface area contributed by atoms with E-state index in [4.69, 9.17) is 28.4 Å². The summed E-state index contributed by atoms with van der Waals surface area (Å²) in [7, 11) is 3.40. The SMILES string of the molecule is CCCOCC(COCC(C)CC(C)COCC(COCCC)OC)OC. The van der Waals surface area contributed by atoms with Gasteiger partial charge >= 0.3 is 0 Å². The van der Waals surface area contributed by atoms with Crippen molar-refractivity contribution in [2.75, 3.05) is 67.1 Å². The van der Waals surface area contributed by atoms with Crippen LogP contribution in [0.3, 0.4) is 0 Å². The summed E-state index contributed by atoms with van der Waals surface area (Å²) in [5.41, 5.74) is 0. The Morgan fingerprint density at radius 3 is 1.26 bits per heavy atom. The number of hydrogen-bond acceptors (Lipinski definition) is 6. The maximum atomic E-state index is 5.81. The van der Waals surface area contributed by atoms with Crippen LogP contribution in [0.5, 0.6) is 0 Å². The third-order valence-corrected chi connectivity index (χ3v) is 4.19. The van der Waals surface area contributed by atoms with E-state index in [1.165, 1.54) is 0 Å². The molecule has 0 saturated heterocycles. The molecule has 0 aliphatic rings. The first-order valence-corrected chi connectivity index (χ1v) is 10.4. The van der Waals surface area contributed by atoms with Crippen molar-refractivity contribution in [2.45, 2.75) is 59.2 Å². The predicted molar refractivity (Wildman–Crippen MR) is 108 cm³/mol. The molecule has 27 heavy (non-hydrogen) atoms. The Morgan fingerprint density at radius 1 is 0.556 bits per heavy atom. The van der Waals surface area contributed by atoms with Gasteiger partial charge in [0.1, 0.15) is 12.2 Å². The van der Waals surface area contributed by atoms with Gasteiger partial charge in [-0.1, -0.05) is 27.7 Å². The van der Waals surface area contributed by atoms with E-state index in [-0.39, 0.29) is 12.2 Å². The highest BCUT2D eigenvalue weighted by Crippen LogP contribution is 2.13. The molecule has 0 saturated carbocycles. The van der Waals surface area contributed by atoms with Gasteiger partial charge in [-0.2, -0.15) is 0 Å². The van der Waals surface area contributed by atoms with Gasteiger partial charge in [0.05, 0.1) is 26.4 Å². The van der Waals surface area contributed by atoms with E-state index in [9.17, 15) is 0 Å². The van der Waals surface area contributed by atoms with Gasteiger partial charge in [0.15, 0.2) is 0 Å². The van der Waals surface area contributed by atoms with Crippen molar-refractivity contribution >= 4 is 0 Å². The van der Waals surface area contributed by atoms with Crippen LogP contribution in [-0.2, 0) is 28.4 Å². The zero-order chi connectivity index (χ0) is 20.3. The van der Waals surface area contributed by atoms with Crippen LogP contribution in [0.25, 0.3) is 0 Å². The summed E-state index contributed by atoms with van der Waals surface area (Å²) in [4.78, 5) is 0. The third-order valence-electron chi connectivity index (χ3n) is 4.19.